The molecule has 2 nitrogen and oxygen atoms in total. The van der Waals surface area contributed by atoms with Gasteiger partial charge >= 0.3 is 0 Å². The maximum Gasteiger partial charge on any atom is 0.195 e. The zero-order valence-corrected chi connectivity index (χ0v) is 8.56. The Morgan fingerprint density at radius 1 is 1.25 bits per heavy atom. The van der Waals surface area contributed by atoms with Crippen molar-refractivity contribution in [3.8, 4) is 0 Å². The van der Waals surface area contributed by atoms with Gasteiger partial charge in [-0.1, -0.05) is 0 Å². The standard InChI is InChI=1S/C11H10F3NO/c1-5(15)4-7-9(13)10(14)8(12)6-2-3-16-11(6)7/h2-3,5H,4,15H2,1H3. The third-order valence-corrected chi connectivity index (χ3v) is 2.35. The minimum Gasteiger partial charge on any atom is -0.464 e. The van der Waals surface area contributed by atoms with Gasteiger partial charge in [-0.25, -0.2) is 13.2 Å². The lowest BCUT2D eigenvalue weighted by molar-refractivity contribution is 0.442. The second-order valence-electron chi connectivity index (χ2n) is 3.77. The van der Waals surface area contributed by atoms with Gasteiger partial charge in [0.2, 0.25) is 0 Å². The molecule has 0 aliphatic rings. The van der Waals surface area contributed by atoms with Crippen LogP contribution in [-0.2, 0) is 6.42 Å². The van der Waals surface area contributed by atoms with E-state index >= 15 is 0 Å². The first-order chi connectivity index (χ1) is 7.52. The molecule has 0 saturated heterocycles. The first kappa shape index (κ1) is 11.0. The molecule has 16 heavy (non-hydrogen) atoms. The summed E-state index contributed by atoms with van der Waals surface area (Å²) in [5.74, 6) is -3.93. The van der Waals surface area contributed by atoms with Crippen LogP contribution in [0.1, 0.15) is 12.5 Å². The van der Waals surface area contributed by atoms with Crippen LogP contribution in [0.25, 0.3) is 11.0 Å². The third-order valence-electron chi connectivity index (χ3n) is 2.35. The van der Waals surface area contributed by atoms with Crippen molar-refractivity contribution in [1.29, 1.82) is 0 Å². The van der Waals surface area contributed by atoms with E-state index in [-0.39, 0.29) is 29.0 Å². The Morgan fingerprint density at radius 3 is 2.56 bits per heavy atom. The summed E-state index contributed by atoms with van der Waals surface area (Å²) >= 11 is 0. The summed E-state index contributed by atoms with van der Waals surface area (Å²) in [6.07, 6.45) is 1.28. The molecule has 0 spiro atoms. The molecule has 2 aromatic rings. The van der Waals surface area contributed by atoms with Gasteiger partial charge in [0, 0.05) is 11.6 Å². The predicted molar refractivity (Wildman–Crippen MR) is 53.4 cm³/mol. The Labute approximate surface area is 89.8 Å². The maximum absolute atomic E-state index is 13.5. The van der Waals surface area contributed by atoms with Crippen molar-refractivity contribution in [2.24, 2.45) is 5.73 Å². The lowest BCUT2D eigenvalue weighted by Crippen LogP contribution is -2.19. The van der Waals surface area contributed by atoms with Crippen LogP contribution in [0, 0.1) is 17.5 Å². The Hall–Kier alpha value is -1.49. The van der Waals surface area contributed by atoms with Crippen molar-refractivity contribution in [2.75, 3.05) is 0 Å². The fraction of sp³-hybridized carbons (Fsp3) is 0.273. The van der Waals surface area contributed by atoms with E-state index in [2.05, 4.69) is 0 Å². The largest absolute Gasteiger partial charge is 0.464 e. The lowest BCUT2D eigenvalue weighted by atomic mass is 10.0. The summed E-state index contributed by atoms with van der Waals surface area (Å²) in [7, 11) is 0. The predicted octanol–water partition coefficient (Wildman–Crippen LogP) is 2.74. The number of rotatable bonds is 2. The average molecular weight is 229 g/mol. The molecule has 2 rings (SSSR count). The van der Waals surface area contributed by atoms with Crippen molar-refractivity contribution in [1.82, 2.24) is 0 Å². The summed E-state index contributed by atoms with van der Waals surface area (Å²) in [4.78, 5) is 0. The summed E-state index contributed by atoms with van der Waals surface area (Å²) in [5, 5.41) is -0.0606. The fourth-order valence-electron chi connectivity index (χ4n) is 1.67. The van der Waals surface area contributed by atoms with Gasteiger partial charge in [-0.15, -0.1) is 0 Å². The van der Waals surface area contributed by atoms with Gasteiger partial charge in [-0.05, 0) is 19.4 Å². The maximum atomic E-state index is 13.5. The molecular weight excluding hydrogens is 219 g/mol. The van der Waals surface area contributed by atoms with Crippen molar-refractivity contribution in [2.45, 2.75) is 19.4 Å². The van der Waals surface area contributed by atoms with Crippen LogP contribution in [0.4, 0.5) is 13.2 Å². The van der Waals surface area contributed by atoms with Crippen LogP contribution >= 0.6 is 0 Å². The molecule has 0 saturated carbocycles. The van der Waals surface area contributed by atoms with Gasteiger partial charge < -0.3 is 10.2 Å². The van der Waals surface area contributed by atoms with Crippen LogP contribution in [0.5, 0.6) is 0 Å². The Bertz CT molecular complexity index is 533. The molecule has 0 radical (unpaired) electrons. The van der Waals surface area contributed by atoms with Crippen LogP contribution < -0.4 is 5.73 Å². The molecule has 0 amide bonds. The van der Waals surface area contributed by atoms with E-state index in [4.69, 9.17) is 10.2 Å². The van der Waals surface area contributed by atoms with Crippen LogP contribution in [0.15, 0.2) is 16.7 Å². The number of furan rings is 1. The number of nitrogens with two attached hydrogens (primary N) is 1. The third kappa shape index (κ3) is 1.57. The molecule has 86 valence electrons. The van der Waals surface area contributed by atoms with Crippen molar-refractivity contribution in [3.63, 3.8) is 0 Å². The molecule has 1 atom stereocenters. The van der Waals surface area contributed by atoms with E-state index in [0.29, 0.717) is 0 Å². The Morgan fingerprint density at radius 2 is 1.94 bits per heavy atom. The normalized spacial score (nSPS) is 13.3. The number of hydrogen-bond acceptors (Lipinski definition) is 2. The topological polar surface area (TPSA) is 39.2 Å². The minimum atomic E-state index is -1.48. The van der Waals surface area contributed by atoms with E-state index in [9.17, 15) is 13.2 Å². The number of fused-ring (bicyclic) bond motifs is 1. The molecule has 0 fully saturated rings. The van der Waals surface area contributed by atoms with Crippen LogP contribution in [0.3, 0.4) is 0 Å². The smallest absolute Gasteiger partial charge is 0.195 e. The minimum absolute atomic E-state index is 0.0195. The van der Waals surface area contributed by atoms with Gasteiger partial charge in [-0.3, -0.25) is 0 Å². The zero-order valence-electron chi connectivity index (χ0n) is 8.56. The highest BCUT2D eigenvalue weighted by Crippen LogP contribution is 2.29. The van der Waals surface area contributed by atoms with Gasteiger partial charge in [0.1, 0.15) is 5.58 Å². The second kappa shape index (κ2) is 3.83. The molecule has 0 bridgehead atoms. The highest BCUT2D eigenvalue weighted by molar-refractivity contribution is 5.81. The molecule has 0 aliphatic heterocycles. The molecule has 1 unspecified atom stereocenters. The summed E-state index contributed by atoms with van der Waals surface area (Å²) in [6, 6.07) is 0.894. The van der Waals surface area contributed by atoms with Crippen molar-refractivity contribution in [3.05, 3.63) is 35.3 Å². The summed E-state index contributed by atoms with van der Waals surface area (Å²) in [5.41, 5.74) is 5.52. The number of benzene rings is 1. The average Bonchev–Trinajstić information content (AvgIpc) is 2.69. The SMILES string of the molecule is CC(N)Cc1c(F)c(F)c(F)c2ccoc12. The summed E-state index contributed by atoms with van der Waals surface area (Å²) < 4.78 is 45.0. The van der Waals surface area contributed by atoms with Gasteiger partial charge in [0.15, 0.2) is 17.5 Å². The molecule has 0 aliphatic carbocycles. The second-order valence-corrected chi connectivity index (χ2v) is 3.77. The number of hydrogen-bond donors (Lipinski definition) is 1. The van der Waals surface area contributed by atoms with Crippen molar-refractivity contribution >= 4 is 11.0 Å². The molecular formula is C11H10F3NO. The van der Waals surface area contributed by atoms with Gasteiger partial charge in [-0.2, -0.15) is 0 Å². The Kier molecular flexibility index (Phi) is 2.63. The first-order valence-electron chi connectivity index (χ1n) is 4.80. The van der Waals surface area contributed by atoms with Crippen molar-refractivity contribution < 1.29 is 17.6 Å². The molecule has 5 heteroatoms. The van der Waals surface area contributed by atoms with Gasteiger partial charge in [0.05, 0.1) is 11.6 Å². The van der Waals surface area contributed by atoms with Gasteiger partial charge in [0.25, 0.3) is 0 Å². The van der Waals surface area contributed by atoms with E-state index in [0.717, 1.165) is 0 Å². The molecule has 1 aromatic heterocycles. The molecule has 2 N–H and O–H groups in total. The fourth-order valence-corrected chi connectivity index (χ4v) is 1.67. The zero-order chi connectivity index (χ0) is 11.9. The quantitative estimate of drug-likeness (QED) is 0.804. The highest BCUT2D eigenvalue weighted by atomic mass is 19.2. The van der Waals surface area contributed by atoms with E-state index in [1.54, 1.807) is 6.92 Å². The van der Waals surface area contributed by atoms with E-state index < -0.39 is 17.5 Å². The summed E-state index contributed by atoms with van der Waals surface area (Å²) in [6.45, 7) is 1.65. The van der Waals surface area contributed by atoms with Crippen LogP contribution in [0.2, 0.25) is 0 Å². The first-order valence-corrected chi connectivity index (χ1v) is 4.80. The van der Waals surface area contributed by atoms with Crippen LogP contribution in [-0.4, -0.2) is 6.04 Å². The van der Waals surface area contributed by atoms with E-state index in [1.165, 1.54) is 12.3 Å². The Balaban J connectivity index is 2.75. The van der Waals surface area contributed by atoms with E-state index in [1.807, 2.05) is 0 Å². The molecule has 1 heterocycles. The highest BCUT2D eigenvalue weighted by Gasteiger charge is 2.22. The number of halogens is 3. The molecule has 1 aromatic carbocycles. The monoisotopic (exact) mass is 229 g/mol. The lowest BCUT2D eigenvalue weighted by Gasteiger charge is -2.08.